The molecule has 4 heteroatoms. The lowest BCUT2D eigenvalue weighted by molar-refractivity contribution is 0.617. The molecule has 0 radical (unpaired) electrons. The molecule has 1 unspecified atom stereocenters. The first-order valence-electron chi connectivity index (χ1n) is 6.97. The van der Waals surface area contributed by atoms with Crippen LogP contribution in [-0.4, -0.2) is 16.5 Å². The van der Waals surface area contributed by atoms with Gasteiger partial charge in [0.25, 0.3) is 0 Å². The van der Waals surface area contributed by atoms with Crippen molar-refractivity contribution < 1.29 is 0 Å². The quantitative estimate of drug-likeness (QED) is 0.791. The van der Waals surface area contributed by atoms with Gasteiger partial charge < -0.3 is 5.32 Å². The van der Waals surface area contributed by atoms with Gasteiger partial charge in [-0.15, -0.1) is 0 Å². The van der Waals surface area contributed by atoms with E-state index in [1.165, 1.54) is 5.39 Å². The number of nitrogens with one attached hydrogen (secondary N) is 1. The van der Waals surface area contributed by atoms with Gasteiger partial charge >= 0.3 is 0 Å². The molecular weight excluding hydrogens is 282 g/mol. The molecule has 0 aliphatic heterocycles. The predicted molar refractivity (Wildman–Crippen MR) is 86.5 cm³/mol. The number of fused-ring (bicyclic) bond motifs is 1. The molecule has 106 valence electrons. The summed E-state index contributed by atoms with van der Waals surface area (Å²) in [5.41, 5.74) is 2.07. The zero-order valence-corrected chi connectivity index (χ0v) is 12.5. The maximum atomic E-state index is 5.94. The topological polar surface area (TPSA) is 37.8 Å². The molecule has 0 aliphatic carbocycles. The molecule has 0 amide bonds. The van der Waals surface area contributed by atoms with Crippen LogP contribution in [0.25, 0.3) is 10.8 Å². The summed E-state index contributed by atoms with van der Waals surface area (Å²) in [4.78, 5) is 8.82. The first kappa shape index (κ1) is 14.0. The van der Waals surface area contributed by atoms with E-state index in [-0.39, 0.29) is 6.04 Å². The summed E-state index contributed by atoms with van der Waals surface area (Å²) in [6.45, 7) is 2.93. The van der Waals surface area contributed by atoms with Gasteiger partial charge in [-0.25, -0.2) is 0 Å². The maximum absolute atomic E-state index is 5.94. The number of rotatable bonds is 4. The van der Waals surface area contributed by atoms with Gasteiger partial charge in [-0.3, -0.25) is 9.97 Å². The zero-order valence-electron chi connectivity index (χ0n) is 11.8. The first-order chi connectivity index (χ1) is 10.3. The third-order valence-electron chi connectivity index (χ3n) is 3.46. The maximum Gasteiger partial charge on any atom is 0.0772 e. The van der Waals surface area contributed by atoms with E-state index in [1.54, 1.807) is 6.20 Å². The molecule has 3 nitrogen and oxygen atoms in total. The van der Waals surface area contributed by atoms with E-state index in [1.807, 2.05) is 36.7 Å². The van der Waals surface area contributed by atoms with Crippen LogP contribution in [0.5, 0.6) is 0 Å². The number of benzene rings is 1. The Kier molecular flexibility index (Phi) is 4.13. The van der Waals surface area contributed by atoms with E-state index in [4.69, 9.17) is 11.6 Å². The Morgan fingerprint density at radius 3 is 2.71 bits per heavy atom. The summed E-state index contributed by atoms with van der Waals surface area (Å²) in [5, 5.41) is 6.45. The van der Waals surface area contributed by atoms with E-state index in [9.17, 15) is 0 Å². The predicted octanol–water partition coefficient (Wildman–Crippen LogP) is 3.98. The summed E-state index contributed by atoms with van der Waals surface area (Å²) in [6.07, 6.45) is 5.48. The largest absolute Gasteiger partial charge is 0.305 e. The van der Waals surface area contributed by atoms with E-state index < -0.39 is 0 Å². The van der Waals surface area contributed by atoms with Crippen LogP contribution in [0.1, 0.15) is 24.2 Å². The number of hydrogen-bond donors (Lipinski definition) is 1. The summed E-state index contributed by atoms with van der Waals surface area (Å²) >= 11 is 5.94. The Morgan fingerprint density at radius 2 is 1.95 bits per heavy atom. The van der Waals surface area contributed by atoms with E-state index in [2.05, 4.69) is 34.3 Å². The average Bonchev–Trinajstić information content (AvgIpc) is 2.53. The van der Waals surface area contributed by atoms with Gasteiger partial charge in [0.2, 0.25) is 0 Å². The second-order valence-electron chi connectivity index (χ2n) is 4.84. The van der Waals surface area contributed by atoms with Gasteiger partial charge in [0.1, 0.15) is 0 Å². The molecule has 3 rings (SSSR count). The van der Waals surface area contributed by atoms with Gasteiger partial charge in [-0.05, 0) is 24.1 Å². The molecule has 0 saturated heterocycles. The SMILES string of the molecule is CCNC(c1ccc(Cl)cn1)c1cncc2ccccc12. The van der Waals surface area contributed by atoms with Crippen LogP contribution in [0.2, 0.25) is 5.02 Å². The van der Waals surface area contributed by atoms with Crippen LogP contribution in [0, 0.1) is 0 Å². The summed E-state index contributed by atoms with van der Waals surface area (Å²) in [6, 6.07) is 12.1. The number of pyridine rings is 2. The Balaban J connectivity index is 2.13. The smallest absolute Gasteiger partial charge is 0.0772 e. The monoisotopic (exact) mass is 297 g/mol. The van der Waals surface area contributed by atoms with Crippen LogP contribution in [0.3, 0.4) is 0 Å². The minimum atomic E-state index is 0.00543. The van der Waals surface area contributed by atoms with Gasteiger partial charge in [0.05, 0.1) is 16.8 Å². The lowest BCUT2D eigenvalue weighted by Crippen LogP contribution is -2.23. The third-order valence-corrected chi connectivity index (χ3v) is 3.69. The van der Waals surface area contributed by atoms with Gasteiger partial charge in [0, 0.05) is 29.5 Å². The molecule has 21 heavy (non-hydrogen) atoms. The lowest BCUT2D eigenvalue weighted by Gasteiger charge is -2.19. The number of aromatic nitrogens is 2. The molecule has 1 N–H and O–H groups in total. The molecule has 1 aromatic carbocycles. The molecule has 3 aromatic rings. The first-order valence-corrected chi connectivity index (χ1v) is 7.35. The van der Waals surface area contributed by atoms with E-state index >= 15 is 0 Å². The fourth-order valence-electron chi connectivity index (χ4n) is 2.51. The minimum Gasteiger partial charge on any atom is -0.305 e. The highest BCUT2D eigenvalue weighted by molar-refractivity contribution is 6.30. The van der Waals surface area contributed by atoms with Gasteiger partial charge in [0.15, 0.2) is 0 Å². The average molecular weight is 298 g/mol. The van der Waals surface area contributed by atoms with Crippen molar-refractivity contribution in [2.75, 3.05) is 6.54 Å². The van der Waals surface area contributed by atoms with Gasteiger partial charge in [-0.1, -0.05) is 42.8 Å². The second kappa shape index (κ2) is 6.20. The van der Waals surface area contributed by atoms with Crippen molar-refractivity contribution in [2.45, 2.75) is 13.0 Å². The Labute approximate surface area is 129 Å². The Bertz CT molecular complexity index is 735. The van der Waals surface area contributed by atoms with Crippen LogP contribution < -0.4 is 5.32 Å². The van der Waals surface area contributed by atoms with Gasteiger partial charge in [-0.2, -0.15) is 0 Å². The molecule has 2 aromatic heterocycles. The second-order valence-corrected chi connectivity index (χ2v) is 5.28. The fraction of sp³-hybridized carbons (Fsp3) is 0.176. The number of hydrogen-bond acceptors (Lipinski definition) is 3. The van der Waals surface area contributed by atoms with Crippen molar-refractivity contribution in [3.05, 3.63) is 71.3 Å². The molecule has 0 fully saturated rings. The van der Waals surface area contributed by atoms with Crippen molar-refractivity contribution in [2.24, 2.45) is 0 Å². The fourth-order valence-corrected chi connectivity index (χ4v) is 2.62. The van der Waals surface area contributed by atoms with E-state index in [0.717, 1.165) is 23.2 Å². The Hall–Kier alpha value is -1.97. The van der Waals surface area contributed by atoms with Crippen molar-refractivity contribution in [3.63, 3.8) is 0 Å². The van der Waals surface area contributed by atoms with Crippen molar-refractivity contribution in [1.29, 1.82) is 0 Å². The third kappa shape index (κ3) is 2.89. The minimum absolute atomic E-state index is 0.00543. The van der Waals surface area contributed by atoms with Crippen molar-refractivity contribution in [3.8, 4) is 0 Å². The molecule has 0 bridgehead atoms. The summed E-state index contributed by atoms with van der Waals surface area (Å²) in [7, 11) is 0. The van der Waals surface area contributed by atoms with Crippen LogP contribution in [-0.2, 0) is 0 Å². The summed E-state index contributed by atoms with van der Waals surface area (Å²) < 4.78 is 0. The molecular formula is C17H16ClN3. The lowest BCUT2D eigenvalue weighted by atomic mass is 9.99. The van der Waals surface area contributed by atoms with Crippen molar-refractivity contribution >= 4 is 22.4 Å². The number of nitrogens with zero attached hydrogens (tertiary/aromatic N) is 2. The normalized spacial score (nSPS) is 12.5. The van der Waals surface area contributed by atoms with Crippen LogP contribution in [0.15, 0.2) is 55.0 Å². The molecule has 0 aliphatic rings. The molecule has 0 spiro atoms. The highest BCUT2D eigenvalue weighted by Gasteiger charge is 2.17. The highest BCUT2D eigenvalue weighted by Crippen LogP contribution is 2.27. The standard InChI is InChI=1S/C17H16ClN3/c1-2-20-17(16-8-7-13(18)10-21-16)15-11-19-9-12-5-3-4-6-14(12)15/h3-11,17,20H,2H2,1H3. The number of halogens is 1. The van der Waals surface area contributed by atoms with E-state index in [0.29, 0.717) is 5.02 Å². The molecule has 0 saturated carbocycles. The van der Waals surface area contributed by atoms with Crippen LogP contribution >= 0.6 is 11.6 Å². The zero-order chi connectivity index (χ0) is 14.7. The summed E-state index contributed by atoms with van der Waals surface area (Å²) in [5.74, 6) is 0. The molecule has 1 atom stereocenters. The van der Waals surface area contributed by atoms with Crippen LogP contribution in [0.4, 0.5) is 0 Å². The molecule has 2 heterocycles. The van der Waals surface area contributed by atoms with Crippen molar-refractivity contribution in [1.82, 2.24) is 15.3 Å². The Morgan fingerprint density at radius 1 is 1.10 bits per heavy atom. The highest BCUT2D eigenvalue weighted by atomic mass is 35.5.